The van der Waals surface area contributed by atoms with Crippen LogP contribution in [0.4, 0.5) is 5.69 Å². The number of hydrogen-bond acceptors (Lipinski definition) is 5. The molecule has 1 aliphatic rings. The summed E-state index contributed by atoms with van der Waals surface area (Å²) in [6, 6.07) is 6.32. The average Bonchev–Trinajstić information content (AvgIpc) is 3.20. The van der Waals surface area contributed by atoms with Crippen LogP contribution in [-0.2, 0) is 0 Å². The van der Waals surface area contributed by atoms with E-state index in [9.17, 15) is 5.11 Å². The predicted molar refractivity (Wildman–Crippen MR) is 139 cm³/mol. The molecule has 1 aromatic rings. The Bertz CT molecular complexity index is 650. The van der Waals surface area contributed by atoms with E-state index < -0.39 is 0 Å². The van der Waals surface area contributed by atoms with Gasteiger partial charge >= 0.3 is 0 Å². The summed E-state index contributed by atoms with van der Waals surface area (Å²) in [6.45, 7) is 10.2. The SMILES string of the molecule is CCNC(=NCC(CCO)CC(C)C)NC1CCN(c2cc(OC)cc(OC)c2)C1.I. The summed E-state index contributed by atoms with van der Waals surface area (Å²) in [5, 5.41) is 16.3. The van der Waals surface area contributed by atoms with Gasteiger partial charge in [0.05, 0.1) is 14.2 Å². The summed E-state index contributed by atoms with van der Waals surface area (Å²) >= 11 is 0. The number of aliphatic hydroxyl groups is 1. The van der Waals surface area contributed by atoms with Crippen LogP contribution in [0, 0.1) is 11.8 Å². The fourth-order valence-electron chi connectivity index (χ4n) is 3.95. The molecule has 1 saturated heterocycles. The molecule has 31 heavy (non-hydrogen) atoms. The van der Waals surface area contributed by atoms with Crippen LogP contribution in [-0.4, -0.2) is 64.1 Å². The third kappa shape index (κ3) is 9.31. The van der Waals surface area contributed by atoms with Gasteiger partial charge in [-0.05, 0) is 38.0 Å². The van der Waals surface area contributed by atoms with E-state index in [1.54, 1.807) is 14.2 Å². The van der Waals surface area contributed by atoms with E-state index in [0.29, 0.717) is 17.9 Å². The van der Waals surface area contributed by atoms with Crippen molar-refractivity contribution in [3.05, 3.63) is 18.2 Å². The Morgan fingerprint density at radius 3 is 2.45 bits per heavy atom. The molecule has 1 aliphatic heterocycles. The molecular weight excluding hydrogens is 507 g/mol. The second-order valence-corrected chi connectivity index (χ2v) is 8.37. The highest BCUT2D eigenvalue weighted by atomic mass is 127. The van der Waals surface area contributed by atoms with Gasteiger partial charge in [-0.25, -0.2) is 0 Å². The van der Waals surface area contributed by atoms with Crippen LogP contribution < -0.4 is 25.0 Å². The highest BCUT2D eigenvalue weighted by molar-refractivity contribution is 14.0. The normalized spacial score (nSPS) is 17.3. The first-order chi connectivity index (χ1) is 14.5. The molecule has 0 bridgehead atoms. The summed E-state index contributed by atoms with van der Waals surface area (Å²) in [7, 11) is 3.35. The van der Waals surface area contributed by atoms with Crippen LogP contribution >= 0.6 is 24.0 Å². The average molecular weight is 549 g/mol. The number of rotatable bonds is 11. The molecule has 0 saturated carbocycles. The van der Waals surface area contributed by atoms with Crippen LogP contribution in [0.5, 0.6) is 11.5 Å². The molecule has 0 aliphatic carbocycles. The van der Waals surface area contributed by atoms with Gasteiger partial charge in [-0.3, -0.25) is 4.99 Å². The number of nitrogens with zero attached hydrogens (tertiary/aromatic N) is 2. The monoisotopic (exact) mass is 548 g/mol. The lowest BCUT2D eigenvalue weighted by atomic mass is 9.94. The van der Waals surface area contributed by atoms with Crippen LogP contribution in [0.1, 0.15) is 40.0 Å². The van der Waals surface area contributed by atoms with E-state index in [4.69, 9.17) is 14.5 Å². The maximum Gasteiger partial charge on any atom is 0.191 e. The van der Waals surface area contributed by atoms with Crippen molar-refractivity contribution in [3.63, 3.8) is 0 Å². The summed E-state index contributed by atoms with van der Waals surface area (Å²) in [4.78, 5) is 7.17. The van der Waals surface area contributed by atoms with E-state index in [0.717, 1.165) is 68.6 Å². The minimum atomic E-state index is 0. The van der Waals surface area contributed by atoms with E-state index in [1.807, 2.05) is 6.07 Å². The number of halogens is 1. The number of nitrogens with one attached hydrogen (secondary N) is 2. The summed E-state index contributed by atoms with van der Waals surface area (Å²) in [5.41, 5.74) is 1.11. The minimum absolute atomic E-state index is 0. The first kappa shape index (κ1) is 27.6. The van der Waals surface area contributed by atoms with Crippen molar-refractivity contribution >= 4 is 35.6 Å². The molecule has 0 amide bonds. The van der Waals surface area contributed by atoms with Crippen molar-refractivity contribution in [3.8, 4) is 11.5 Å². The quantitative estimate of drug-likeness (QED) is 0.223. The van der Waals surface area contributed by atoms with Crippen LogP contribution in [0.2, 0.25) is 0 Å². The zero-order valence-electron chi connectivity index (χ0n) is 19.7. The standard InChI is InChI=1S/C23H40N4O3.HI/c1-6-24-23(25-15-18(8-10-28)11-17(2)3)26-19-7-9-27(16-19)20-12-21(29-4)14-22(13-20)30-5;/h12-14,17-19,28H,6-11,15-16H2,1-5H3,(H2,24,25,26);1H. The molecule has 178 valence electrons. The maximum atomic E-state index is 9.36. The predicted octanol–water partition coefficient (Wildman–Crippen LogP) is 3.50. The summed E-state index contributed by atoms with van der Waals surface area (Å²) < 4.78 is 10.8. The van der Waals surface area contributed by atoms with Gasteiger partial charge in [0.2, 0.25) is 0 Å². The first-order valence-electron chi connectivity index (χ1n) is 11.1. The smallest absolute Gasteiger partial charge is 0.191 e. The highest BCUT2D eigenvalue weighted by Gasteiger charge is 2.24. The Balaban J connectivity index is 0.00000480. The molecule has 1 aromatic carbocycles. The van der Waals surface area contributed by atoms with Crippen molar-refractivity contribution < 1.29 is 14.6 Å². The Kier molecular flexibility index (Phi) is 13.0. The Morgan fingerprint density at radius 1 is 1.23 bits per heavy atom. The van der Waals surface area contributed by atoms with Crippen molar-refractivity contribution in [2.45, 2.75) is 46.1 Å². The first-order valence-corrected chi connectivity index (χ1v) is 11.1. The molecule has 0 radical (unpaired) electrons. The molecular formula is C23H41IN4O3. The van der Waals surface area contributed by atoms with Crippen molar-refractivity contribution in [2.75, 3.05) is 51.9 Å². The number of guanidine groups is 1. The topological polar surface area (TPSA) is 78.4 Å². The minimum Gasteiger partial charge on any atom is -0.497 e. The molecule has 2 rings (SSSR count). The van der Waals surface area contributed by atoms with Crippen LogP contribution in [0.25, 0.3) is 0 Å². The maximum absolute atomic E-state index is 9.36. The second kappa shape index (κ2) is 14.6. The number of anilines is 1. The lowest BCUT2D eigenvalue weighted by Crippen LogP contribution is -2.45. The van der Waals surface area contributed by atoms with Crippen LogP contribution in [0.3, 0.4) is 0 Å². The number of ether oxygens (including phenoxy) is 2. The second-order valence-electron chi connectivity index (χ2n) is 8.37. The van der Waals surface area contributed by atoms with Gasteiger partial charge in [0.1, 0.15) is 11.5 Å². The number of methoxy groups -OCH3 is 2. The lowest BCUT2D eigenvalue weighted by Gasteiger charge is -2.22. The summed E-state index contributed by atoms with van der Waals surface area (Å²) in [6.07, 6.45) is 2.92. The van der Waals surface area contributed by atoms with Gasteiger partial charge < -0.3 is 30.1 Å². The van der Waals surface area contributed by atoms with E-state index in [2.05, 4.69) is 48.4 Å². The van der Waals surface area contributed by atoms with Crippen LogP contribution in [0.15, 0.2) is 23.2 Å². The molecule has 0 aromatic heterocycles. The Labute approximate surface area is 205 Å². The zero-order chi connectivity index (χ0) is 21.9. The third-order valence-electron chi connectivity index (χ3n) is 5.42. The molecule has 1 fully saturated rings. The van der Waals surface area contributed by atoms with E-state index >= 15 is 0 Å². The largest absolute Gasteiger partial charge is 0.497 e. The van der Waals surface area contributed by atoms with Crippen molar-refractivity contribution in [1.82, 2.24) is 10.6 Å². The van der Waals surface area contributed by atoms with Gasteiger partial charge in [0.25, 0.3) is 0 Å². The molecule has 2 atom stereocenters. The van der Waals surface area contributed by atoms with Gasteiger partial charge in [0, 0.05) is 62.7 Å². The Morgan fingerprint density at radius 2 is 1.90 bits per heavy atom. The highest BCUT2D eigenvalue weighted by Crippen LogP contribution is 2.30. The molecule has 2 unspecified atom stereocenters. The fraction of sp³-hybridized carbons (Fsp3) is 0.696. The van der Waals surface area contributed by atoms with E-state index in [-0.39, 0.29) is 30.6 Å². The van der Waals surface area contributed by atoms with Gasteiger partial charge in [-0.15, -0.1) is 24.0 Å². The third-order valence-corrected chi connectivity index (χ3v) is 5.42. The molecule has 1 heterocycles. The van der Waals surface area contributed by atoms with Gasteiger partial charge in [-0.2, -0.15) is 0 Å². The van der Waals surface area contributed by atoms with Crippen molar-refractivity contribution in [1.29, 1.82) is 0 Å². The number of benzene rings is 1. The molecule has 3 N–H and O–H groups in total. The van der Waals surface area contributed by atoms with Crippen molar-refractivity contribution in [2.24, 2.45) is 16.8 Å². The number of hydrogen-bond donors (Lipinski definition) is 3. The van der Waals surface area contributed by atoms with E-state index in [1.165, 1.54) is 0 Å². The fourth-order valence-corrected chi connectivity index (χ4v) is 3.95. The van der Waals surface area contributed by atoms with Gasteiger partial charge in [-0.1, -0.05) is 13.8 Å². The zero-order valence-corrected chi connectivity index (χ0v) is 22.0. The molecule has 8 heteroatoms. The Hall–Kier alpha value is -1.42. The lowest BCUT2D eigenvalue weighted by molar-refractivity contribution is 0.245. The number of aliphatic imine (C=N–C) groups is 1. The summed E-state index contributed by atoms with van der Waals surface area (Å²) in [5.74, 6) is 3.48. The molecule has 0 spiro atoms. The number of aliphatic hydroxyl groups excluding tert-OH is 1. The molecule has 7 nitrogen and oxygen atoms in total. The van der Waals surface area contributed by atoms with Gasteiger partial charge in [0.15, 0.2) is 5.96 Å².